The highest BCUT2D eigenvalue weighted by Crippen LogP contribution is 2.18. The maximum absolute atomic E-state index is 12.1. The van der Waals surface area contributed by atoms with Gasteiger partial charge in [-0.1, -0.05) is 35.5 Å². The summed E-state index contributed by atoms with van der Waals surface area (Å²) in [5, 5.41) is 16.2. The van der Waals surface area contributed by atoms with E-state index in [2.05, 4.69) is 20.7 Å². The van der Waals surface area contributed by atoms with Crippen LogP contribution in [0.15, 0.2) is 59.1 Å². The Balaban J connectivity index is 1.44. The average molecular weight is 335 g/mol. The summed E-state index contributed by atoms with van der Waals surface area (Å²) in [5.41, 5.74) is 1.97. The summed E-state index contributed by atoms with van der Waals surface area (Å²) in [4.78, 5) is 12.1. The highest BCUT2D eigenvalue weighted by Gasteiger charge is 2.15. The van der Waals surface area contributed by atoms with E-state index in [1.54, 1.807) is 6.07 Å². The Bertz CT molecular complexity index is 1010. The Labute approximate surface area is 142 Å². The van der Waals surface area contributed by atoms with Crippen molar-refractivity contribution in [3.05, 3.63) is 66.1 Å². The molecule has 4 aromatic rings. The predicted octanol–water partition coefficient (Wildman–Crippen LogP) is 2.09. The van der Waals surface area contributed by atoms with E-state index in [0.717, 1.165) is 11.1 Å². The summed E-state index contributed by atoms with van der Waals surface area (Å²) in [7, 11) is 0. The molecule has 0 aliphatic rings. The standard InChI is InChI=1S/C17H13N5O3/c23-17(10-14-13-8-4-5-9-15(13)25-19-14)24-11-16-18-20-21-22(16)12-6-2-1-3-7-12/h1-9H,10-11H2. The van der Waals surface area contributed by atoms with E-state index in [9.17, 15) is 4.79 Å². The molecule has 0 fully saturated rings. The van der Waals surface area contributed by atoms with Crippen LogP contribution in [-0.4, -0.2) is 31.3 Å². The van der Waals surface area contributed by atoms with Gasteiger partial charge >= 0.3 is 5.97 Å². The first-order chi connectivity index (χ1) is 12.3. The summed E-state index contributed by atoms with van der Waals surface area (Å²) < 4.78 is 12.0. The number of hydrogen-bond acceptors (Lipinski definition) is 7. The van der Waals surface area contributed by atoms with Crippen molar-refractivity contribution in [2.45, 2.75) is 13.0 Å². The van der Waals surface area contributed by atoms with Crippen LogP contribution in [0.1, 0.15) is 11.5 Å². The molecule has 0 saturated heterocycles. The van der Waals surface area contributed by atoms with E-state index in [1.807, 2.05) is 48.5 Å². The van der Waals surface area contributed by atoms with E-state index in [0.29, 0.717) is 17.1 Å². The van der Waals surface area contributed by atoms with Gasteiger partial charge in [-0.05, 0) is 34.7 Å². The Morgan fingerprint density at radius 3 is 2.76 bits per heavy atom. The highest BCUT2D eigenvalue weighted by atomic mass is 16.5. The first-order valence-corrected chi connectivity index (χ1v) is 7.63. The fourth-order valence-corrected chi connectivity index (χ4v) is 2.46. The van der Waals surface area contributed by atoms with E-state index in [-0.39, 0.29) is 13.0 Å². The fourth-order valence-electron chi connectivity index (χ4n) is 2.46. The Morgan fingerprint density at radius 1 is 1.08 bits per heavy atom. The van der Waals surface area contributed by atoms with Gasteiger partial charge in [0.1, 0.15) is 5.69 Å². The van der Waals surface area contributed by atoms with Crippen molar-refractivity contribution >= 4 is 16.9 Å². The Hall–Kier alpha value is -3.55. The van der Waals surface area contributed by atoms with Gasteiger partial charge < -0.3 is 9.26 Å². The molecule has 0 radical (unpaired) electrons. The van der Waals surface area contributed by atoms with Crippen LogP contribution in [0, 0.1) is 0 Å². The van der Waals surface area contributed by atoms with Crippen LogP contribution in [-0.2, 0) is 22.6 Å². The van der Waals surface area contributed by atoms with Crippen molar-refractivity contribution in [2.24, 2.45) is 0 Å². The molecule has 8 nitrogen and oxygen atoms in total. The van der Waals surface area contributed by atoms with Crippen molar-refractivity contribution in [2.75, 3.05) is 0 Å². The second kappa shape index (κ2) is 6.52. The lowest BCUT2D eigenvalue weighted by Crippen LogP contribution is -2.11. The molecule has 124 valence electrons. The molecule has 0 atom stereocenters. The quantitative estimate of drug-likeness (QED) is 0.515. The van der Waals surface area contributed by atoms with Crippen molar-refractivity contribution in [1.82, 2.24) is 25.4 Å². The molecular weight excluding hydrogens is 322 g/mol. The number of benzene rings is 2. The van der Waals surface area contributed by atoms with Crippen LogP contribution in [0.2, 0.25) is 0 Å². The summed E-state index contributed by atoms with van der Waals surface area (Å²) in [5.74, 6) is 0.00576. The molecule has 25 heavy (non-hydrogen) atoms. The molecular formula is C17H13N5O3. The predicted molar refractivity (Wildman–Crippen MR) is 86.7 cm³/mol. The average Bonchev–Trinajstić information content (AvgIpc) is 3.28. The molecule has 0 aliphatic carbocycles. The highest BCUT2D eigenvalue weighted by molar-refractivity contribution is 5.84. The van der Waals surface area contributed by atoms with E-state index < -0.39 is 5.97 Å². The lowest BCUT2D eigenvalue weighted by atomic mass is 10.2. The van der Waals surface area contributed by atoms with Crippen LogP contribution in [0.3, 0.4) is 0 Å². The number of carbonyl (C=O) groups excluding carboxylic acids is 1. The number of hydrogen-bond donors (Lipinski definition) is 0. The van der Waals surface area contributed by atoms with Crippen molar-refractivity contribution in [3.63, 3.8) is 0 Å². The second-order valence-corrected chi connectivity index (χ2v) is 5.31. The molecule has 2 heterocycles. The van der Waals surface area contributed by atoms with Gasteiger partial charge in [0.2, 0.25) is 0 Å². The molecule has 2 aromatic heterocycles. The van der Waals surface area contributed by atoms with E-state index in [1.165, 1.54) is 4.68 Å². The number of tetrazole rings is 1. The van der Waals surface area contributed by atoms with Gasteiger partial charge in [-0.3, -0.25) is 4.79 Å². The van der Waals surface area contributed by atoms with Gasteiger partial charge in [0.15, 0.2) is 18.0 Å². The zero-order valence-corrected chi connectivity index (χ0v) is 13.1. The number of carbonyl (C=O) groups is 1. The lowest BCUT2D eigenvalue weighted by molar-refractivity contribution is -0.144. The van der Waals surface area contributed by atoms with Crippen molar-refractivity contribution in [3.8, 4) is 5.69 Å². The van der Waals surface area contributed by atoms with Crippen molar-refractivity contribution < 1.29 is 14.1 Å². The molecule has 8 heteroatoms. The summed E-state index contributed by atoms with van der Waals surface area (Å²) in [6, 6.07) is 16.7. The van der Waals surface area contributed by atoms with Crippen LogP contribution >= 0.6 is 0 Å². The molecule has 0 aliphatic heterocycles. The molecule has 0 spiro atoms. The minimum absolute atomic E-state index is 0.0178. The largest absolute Gasteiger partial charge is 0.457 e. The zero-order chi connectivity index (χ0) is 17.1. The summed E-state index contributed by atoms with van der Waals surface area (Å²) in [6.45, 7) is -0.0312. The Kier molecular flexibility index (Phi) is 3.91. The van der Waals surface area contributed by atoms with Gasteiger partial charge in [0, 0.05) is 5.39 Å². The van der Waals surface area contributed by atoms with Crippen LogP contribution in [0.5, 0.6) is 0 Å². The first-order valence-electron chi connectivity index (χ1n) is 7.63. The lowest BCUT2D eigenvalue weighted by Gasteiger charge is -2.05. The number of rotatable bonds is 5. The second-order valence-electron chi connectivity index (χ2n) is 5.31. The minimum Gasteiger partial charge on any atom is -0.457 e. The fraction of sp³-hybridized carbons (Fsp3) is 0.118. The molecule has 0 bridgehead atoms. The number of esters is 1. The number of nitrogens with zero attached hydrogens (tertiary/aromatic N) is 5. The van der Waals surface area contributed by atoms with Crippen LogP contribution < -0.4 is 0 Å². The maximum atomic E-state index is 12.1. The summed E-state index contributed by atoms with van der Waals surface area (Å²) >= 11 is 0. The molecule has 2 aromatic carbocycles. The minimum atomic E-state index is -0.429. The van der Waals surface area contributed by atoms with Gasteiger partial charge in [-0.25, -0.2) is 0 Å². The molecule has 0 unspecified atom stereocenters. The number of para-hydroxylation sites is 2. The smallest absolute Gasteiger partial charge is 0.312 e. The van der Waals surface area contributed by atoms with Crippen LogP contribution in [0.4, 0.5) is 0 Å². The zero-order valence-electron chi connectivity index (χ0n) is 13.1. The third kappa shape index (κ3) is 3.09. The topological polar surface area (TPSA) is 95.9 Å². The number of fused-ring (bicyclic) bond motifs is 1. The number of aromatic nitrogens is 5. The van der Waals surface area contributed by atoms with E-state index in [4.69, 9.17) is 9.26 Å². The Morgan fingerprint density at radius 2 is 1.88 bits per heavy atom. The number of ether oxygens (including phenoxy) is 1. The summed E-state index contributed by atoms with van der Waals surface area (Å²) in [6.07, 6.45) is 0.0178. The molecule has 0 N–H and O–H groups in total. The van der Waals surface area contributed by atoms with Gasteiger partial charge in [-0.15, -0.1) is 5.10 Å². The molecule has 0 amide bonds. The normalized spacial score (nSPS) is 10.9. The van der Waals surface area contributed by atoms with Gasteiger partial charge in [0.25, 0.3) is 0 Å². The molecule has 0 saturated carbocycles. The third-order valence-electron chi connectivity index (χ3n) is 3.66. The van der Waals surface area contributed by atoms with E-state index >= 15 is 0 Å². The van der Waals surface area contributed by atoms with Gasteiger partial charge in [-0.2, -0.15) is 4.68 Å². The third-order valence-corrected chi connectivity index (χ3v) is 3.66. The first kappa shape index (κ1) is 15.0. The monoisotopic (exact) mass is 335 g/mol. The van der Waals surface area contributed by atoms with Gasteiger partial charge in [0.05, 0.1) is 12.1 Å². The SMILES string of the molecule is O=C(Cc1noc2ccccc12)OCc1nnnn1-c1ccccc1. The maximum Gasteiger partial charge on any atom is 0.312 e. The van der Waals surface area contributed by atoms with Crippen molar-refractivity contribution in [1.29, 1.82) is 0 Å². The van der Waals surface area contributed by atoms with Crippen LogP contribution in [0.25, 0.3) is 16.7 Å². The molecule has 4 rings (SSSR count).